The largest absolute Gasteiger partial charge is 0.495 e. The number of methoxy groups -OCH3 is 1. The first-order valence-electron chi connectivity index (χ1n) is 13.0. The van der Waals surface area contributed by atoms with Gasteiger partial charge in [-0.1, -0.05) is 13.0 Å². The lowest BCUT2D eigenvalue weighted by atomic mass is 9.94. The van der Waals surface area contributed by atoms with Gasteiger partial charge < -0.3 is 9.47 Å². The first-order valence-corrected chi connectivity index (χ1v) is 13.0. The summed E-state index contributed by atoms with van der Waals surface area (Å²) in [6.45, 7) is 5.49. The van der Waals surface area contributed by atoms with Gasteiger partial charge in [-0.05, 0) is 73.4 Å². The fourth-order valence-electron chi connectivity index (χ4n) is 5.04. The number of benzene rings is 2. The van der Waals surface area contributed by atoms with Crippen LogP contribution in [0.3, 0.4) is 0 Å². The second-order valence-electron chi connectivity index (χ2n) is 9.55. The average Bonchev–Trinajstić information content (AvgIpc) is 2.95. The van der Waals surface area contributed by atoms with Crippen molar-refractivity contribution >= 4 is 16.8 Å². The molecule has 41 heavy (non-hydrogen) atoms. The topological polar surface area (TPSA) is 83.3 Å². The number of carbonyl (C=O) groups is 1. The van der Waals surface area contributed by atoms with E-state index >= 15 is 4.39 Å². The van der Waals surface area contributed by atoms with Gasteiger partial charge in [-0.3, -0.25) is 19.1 Å². The molecule has 0 saturated heterocycles. The predicted octanol–water partition coefficient (Wildman–Crippen LogP) is 6.46. The molecule has 208 valence electrons. The van der Waals surface area contributed by atoms with Crippen LogP contribution in [-0.4, -0.2) is 27.4 Å². The summed E-state index contributed by atoms with van der Waals surface area (Å²) in [5.74, 6) is -0.756. The van der Waals surface area contributed by atoms with E-state index < -0.39 is 23.0 Å². The molecule has 0 N–H and O–H groups in total. The number of carbonyl (C=O) groups excluding carboxylic acids is 1. The monoisotopic (exact) mass is 555 g/mol. The van der Waals surface area contributed by atoms with E-state index in [2.05, 4.69) is 9.97 Å². The molecule has 3 heterocycles. The predicted molar refractivity (Wildman–Crippen MR) is 151 cm³/mol. The standard InChI is InChI=1S/C32H27F2N3O4/c1-5-24-18(2)30(32(39)37(19(24)3)22-9-7-21(33)8-10-22)27(38)15-20-6-11-28(25(34)14-20)41-29-12-13-35-26-16-23(40-4)17-36-31(26)29/h6-14,16-17H,5,15H2,1-4H3. The lowest BCUT2D eigenvalue weighted by Gasteiger charge is -2.19. The number of hydrogen-bond donors (Lipinski definition) is 0. The molecule has 0 saturated carbocycles. The van der Waals surface area contributed by atoms with Crippen LogP contribution >= 0.6 is 0 Å². The molecular formula is C32H27F2N3O4. The molecule has 0 amide bonds. The van der Waals surface area contributed by atoms with E-state index in [1.165, 1.54) is 60.5 Å². The molecule has 0 unspecified atom stereocenters. The molecule has 9 heteroatoms. The second-order valence-corrected chi connectivity index (χ2v) is 9.55. The fourth-order valence-corrected chi connectivity index (χ4v) is 5.04. The Morgan fingerprint density at radius 1 is 0.976 bits per heavy atom. The van der Waals surface area contributed by atoms with E-state index in [1.54, 1.807) is 32.0 Å². The molecule has 5 rings (SSSR count). The quantitative estimate of drug-likeness (QED) is 0.204. The molecule has 3 aromatic heterocycles. The maximum atomic E-state index is 15.2. The van der Waals surface area contributed by atoms with Crippen molar-refractivity contribution in [2.75, 3.05) is 7.11 Å². The molecule has 7 nitrogen and oxygen atoms in total. The van der Waals surface area contributed by atoms with Crippen LogP contribution in [0.2, 0.25) is 0 Å². The van der Waals surface area contributed by atoms with Crippen LogP contribution in [0, 0.1) is 25.5 Å². The number of halogens is 2. The maximum Gasteiger partial charge on any atom is 0.266 e. The summed E-state index contributed by atoms with van der Waals surface area (Å²) in [5.41, 5.74) is 3.46. The minimum absolute atomic E-state index is 0.0299. The first-order chi connectivity index (χ1) is 19.7. The Balaban J connectivity index is 1.45. The van der Waals surface area contributed by atoms with Gasteiger partial charge in [0.05, 0.1) is 24.4 Å². The minimum atomic E-state index is -0.674. The number of fused-ring (bicyclic) bond motifs is 1. The van der Waals surface area contributed by atoms with E-state index in [1.807, 2.05) is 6.92 Å². The lowest BCUT2D eigenvalue weighted by molar-refractivity contribution is 0.0990. The lowest BCUT2D eigenvalue weighted by Crippen LogP contribution is -2.30. The van der Waals surface area contributed by atoms with Gasteiger partial charge in [0, 0.05) is 36.1 Å². The molecule has 0 aliphatic heterocycles. The van der Waals surface area contributed by atoms with Crippen molar-refractivity contribution in [3.8, 4) is 22.9 Å². The van der Waals surface area contributed by atoms with Crippen molar-refractivity contribution in [2.24, 2.45) is 0 Å². The van der Waals surface area contributed by atoms with Gasteiger partial charge in [0.1, 0.15) is 17.1 Å². The molecule has 0 aliphatic carbocycles. The highest BCUT2D eigenvalue weighted by Gasteiger charge is 2.23. The number of rotatable bonds is 8. The van der Waals surface area contributed by atoms with Gasteiger partial charge in [-0.15, -0.1) is 0 Å². The molecule has 0 fully saturated rings. The summed E-state index contributed by atoms with van der Waals surface area (Å²) in [6, 6.07) is 13.0. The van der Waals surface area contributed by atoms with Crippen molar-refractivity contribution in [1.29, 1.82) is 0 Å². The fraction of sp³-hybridized carbons (Fsp3) is 0.188. The van der Waals surface area contributed by atoms with Crippen LogP contribution in [0.25, 0.3) is 16.7 Å². The van der Waals surface area contributed by atoms with Gasteiger partial charge in [-0.2, -0.15) is 0 Å². The van der Waals surface area contributed by atoms with Gasteiger partial charge in [0.25, 0.3) is 5.56 Å². The number of hydrogen-bond acceptors (Lipinski definition) is 6. The van der Waals surface area contributed by atoms with E-state index in [-0.39, 0.29) is 17.7 Å². The highest BCUT2D eigenvalue weighted by Crippen LogP contribution is 2.31. The molecule has 0 atom stereocenters. The summed E-state index contributed by atoms with van der Waals surface area (Å²) < 4.78 is 41.1. The SMILES string of the molecule is CCc1c(C)c(C(=O)Cc2ccc(Oc3ccnc4cc(OC)cnc34)c(F)c2)c(=O)n(-c2ccc(F)cc2)c1C. The van der Waals surface area contributed by atoms with Crippen LogP contribution in [0.15, 0.2) is 71.8 Å². The highest BCUT2D eigenvalue weighted by atomic mass is 19.1. The summed E-state index contributed by atoms with van der Waals surface area (Å²) in [7, 11) is 1.52. The second kappa shape index (κ2) is 11.3. The number of pyridine rings is 3. The molecule has 5 aromatic rings. The number of ether oxygens (including phenoxy) is 2. The molecular weight excluding hydrogens is 528 g/mol. The van der Waals surface area contributed by atoms with Crippen molar-refractivity contribution in [3.05, 3.63) is 117 Å². The summed E-state index contributed by atoms with van der Waals surface area (Å²) >= 11 is 0. The van der Waals surface area contributed by atoms with Crippen LogP contribution < -0.4 is 15.0 Å². The van der Waals surface area contributed by atoms with Gasteiger partial charge >= 0.3 is 0 Å². The third kappa shape index (κ3) is 5.30. The van der Waals surface area contributed by atoms with E-state index in [4.69, 9.17) is 9.47 Å². The first kappa shape index (κ1) is 27.6. The number of aromatic nitrogens is 3. The van der Waals surface area contributed by atoms with Crippen molar-refractivity contribution in [2.45, 2.75) is 33.6 Å². The molecule has 0 bridgehead atoms. The normalized spacial score (nSPS) is 11.1. The zero-order valence-corrected chi connectivity index (χ0v) is 23.0. The minimum Gasteiger partial charge on any atom is -0.495 e. The summed E-state index contributed by atoms with van der Waals surface area (Å²) in [6.07, 6.45) is 3.44. The van der Waals surface area contributed by atoms with Crippen LogP contribution in [0.1, 0.15) is 39.7 Å². The van der Waals surface area contributed by atoms with Crippen molar-refractivity contribution < 1.29 is 23.0 Å². The van der Waals surface area contributed by atoms with E-state index in [0.717, 1.165) is 5.56 Å². The summed E-state index contributed by atoms with van der Waals surface area (Å²) in [5, 5.41) is 0. The smallest absolute Gasteiger partial charge is 0.266 e. The highest BCUT2D eigenvalue weighted by molar-refractivity contribution is 5.99. The third-order valence-corrected chi connectivity index (χ3v) is 7.07. The Labute approximate surface area is 235 Å². The molecule has 0 radical (unpaired) electrons. The Morgan fingerprint density at radius 2 is 1.73 bits per heavy atom. The van der Waals surface area contributed by atoms with Crippen LogP contribution in [0.4, 0.5) is 8.78 Å². The van der Waals surface area contributed by atoms with Gasteiger partial charge in [0.15, 0.2) is 23.1 Å². The van der Waals surface area contributed by atoms with Gasteiger partial charge in [-0.25, -0.2) is 13.8 Å². The zero-order valence-electron chi connectivity index (χ0n) is 23.0. The maximum absolute atomic E-state index is 15.2. The van der Waals surface area contributed by atoms with E-state index in [9.17, 15) is 14.0 Å². The zero-order chi connectivity index (χ0) is 29.3. The number of nitrogens with zero attached hydrogens (tertiary/aromatic N) is 3. The van der Waals surface area contributed by atoms with Crippen LogP contribution in [-0.2, 0) is 12.8 Å². The summed E-state index contributed by atoms with van der Waals surface area (Å²) in [4.78, 5) is 35.7. The molecule has 0 spiro atoms. The third-order valence-electron chi connectivity index (χ3n) is 7.07. The number of Topliss-reactive ketones (excluding diaryl/α,β-unsaturated/α-hetero) is 1. The van der Waals surface area contributed by atoms with Crippen molar-refractivity contribution in [1.82, 2.24) is 14.5 Å². The van der Waals surface area contributed by atoms with Crippen molar-refractivity contribution in [3.63, 3.8) is 0 Å². The average molecular weight is 556 g/mol. The van der Waals surface area contributed by atoms with Crippen LogP contribution in [0.5, 0.6) is 17.2 Å². The Kier molecular flexibility index (Phi) is 7.61. The Morgan fingerprint density at radius 3 is 2.41 bits per heavy atom. The molecule has 2 aromatic carbocycles. The van der Waals surface area contributed by atoms with Gasteiger partial charge in [0.2, 0.25) is 0 Å². The Hall–Kier alpha value is -4.92. The molecule has 0 aliphatic rings. The number of ketones is 1. The Bertz CT molecular complexity index is 1850. The van der Waals surface area contributed by atoms with E-state index in [0.29, 0.717) is 51.5 Å².